The van der Waals surface area contributed by atoms with E-state index in [0.717, 1.165) is 34.1 Å². The summed E-state index contributed by atoms with van der Waals surface area (Å²) in [7, 11) is 0. The summed E-state index contributed by atoms with van der Waals surface area (Å²) >= 11 is 5.31. The second-order valence-corrected chi connectivity index (χ2v) is 4.69. The molecule has 2 heterocycles. The third-order valence-corrected chi connectivity index (χ3v) is 3.22. The Labute approximate surface area is 93.1 Å². The number of imidazole rings is 1. The van der Waals surface area contributed by atoms with Crippen LogP contribution in [0.4, 0.5) is 0 Å². The maximum absolute atomic E-state index is 5.31. The van der Waals surface area contributed by atoms with Gasteiger partial charge in [0.25, 0.3) is 0 Å². The average molecular weight is 219 g/mol. The highest BCUT2D eigenvalue weighted by Gasteiger charge is 2.23. The fraction of sp³-hybridized carbons (Fsp3) is 0.455. The molecule has 1 saturated carbocycles. The Morgan fingerprint density at radius 1 is 1.53 bits per heavy atom. The van der Waals surface area contributed by atoms with Gasteiger partial charge in [0, 0.05) is 12.2 Å². The second-order valence-electron chi connectivity index (χ2n) is 4.31. The van der Waals surface area contributed by atoms with Crippen LogP contribution in [0.15, 0.2) is 12.1 Å². The van der Waals surface area contributed by atoms with E-state index in [1.54, 1.807) is 0 Å². The lowest BCUT2D eigenvalue weighted by atomic mass is 10.3. The van der Waals surface area contributed by atoms with Gasteiger partial charge in [-0.3, -0.25) is 0 Å². The Hall–Kier alpha value is -1.16. The van der Waals surface area contributed by atoms with Gasteiger partial charge in [-0.25, -0.2) is 4.98 Å². The summed E-state index contributed by atoms with van der Waals surface area (Å²) in [5.74, 6) is 0.818. The van der Waals surface area contributed by atoms with Crippen LogP contribution in [0.1, 0.15) is 18.5 Å². The molecule has 3 nitrogen and oxygen atoms in total. The number of aromatic nitrogens is 3. The number of aryl methyl sites for hydroxylation is 1. The topological polar surface area (TPSA) is 33.6 Å². The molecule has 78 valence electrons. The molecule has 0 aromatic carbocycles. The van der Waals surface area contributed by atoms with E-state index in [1.165, 1.54) is 12.8 Å². The molecule has 2 aromatic rings. The minimum atomic E-state index is 0.801. The molecule has 0 atom stereocenters. The monoisotopic (exact) mass is 219 g/mol. The Bertz CT molecular complexity index is 563. The minimum Gasteiger partial charge on any atom is -0.329 e. The molecule has 4 heteroatoms. The van der Waals surface area contributed by atoms with Crippen LogP contribution < -0.4 is 0 Å². The molecule has 0 spiro atoms. The summed E-state index contributed by atoms with van der Waals surface area (Å²) in [6, 6.07) is 4.06. The molecule has 0 radical (unpaired) electrons. The normalized spacial score (nSPS) is 16.1. The zero-order chi connectivity index (χ0) is 10.4. The van der Waals surface area contributed by atoms with Crippen molar-refractivity contribution in [2.75, 3.05) is 0 Å². The van der Waals surface area contributed by atoms with Gasteiger partial charge in [0.05, 0.1) is 5.52 Å². The van der Waals surface area contributed by atoms with Gasteiger partial charge < -0.3 is 9.55 Å². The molecule has 0 amide bonds. The molecule has 15 heavy (non-hydrogen) atoms. The quantitative estimate of drug-likeness (QED) is 0.788. The van der Waals surface area contributed by atoms with E-state index in [2.05, 4.69) is 20.6 Å². The lowest BCUT2D eigenvalue weighted by Gasteiger charge is -2.01. The number of H-pyrrole nitrogens is 1. The number of fused-ring (bicyclic) bond motifs is 1. The van der Waals surface area contributed by atoms with E-state index >= 15 is 0 Å². The fourth-order valence-corrected chi connectivity index (χ4v) is 2.12. The fourth-order valence-electron chi connectivity index (χ4n) is 1.85. The van der Waals surface area contributed by atoms with E-state index < -0.39 is 0 Å². The molecule has 0 unspecified atom stereocenters. The van der Waals surface area contributed by atoms with Gasteiger partial charge in [0.1, 0.15) is 0 Å². The highest BCUT2D eigenvalue weighted by Crippen LogP contribution is 2.31. The van der Waals surface area contributed by atoms with Gasteiger partial charge in [-0.2, -0.15) is 0 Å². The smallest absolute Gasteiger partial charge is 0.179 e. The zero-order valence-corrected chi connectivity index (χ0v) is 9.47. The summed E-state index contributed by atoms with van der Waals surface area (Å²) in [5, 5.41) is 0. The highest BCUT2D eigenvalue weighted by molar-refractivity contribution is 7.71. The van der Waals surface area contributed by atoms with Crippen molar-refractivity contribution in [2.24, 2.45) is 5.92 Å². The van der Waals surface area contributed by atoms with Crippen molar-refractivity contribution in [3.63, 3.8) is 0 Å². The van der Waals surface area contributed by atoms with E-state index in [1.807, 2.05) is 13.0 Å². The molecule has 1 N–H and O–H groups in total. The maximum atomic E-state index is 5.31. The molecule has 1 fully saturated rings. The summed E-state index contributed by atoms with van der Waals surface area (Å²) in [6.07, 6.45) is 2.67. The summed E-state index contributed by atoms with van der Waals surface area (Å²) in [6.45, 7) is 3.03. The van der Waals surface area contributed by atoms with Crippen LogP contribution >= 0.6 is 12.2 Å². The molecular formula is C11H13N3S. The van der Waals surface area contributed by atoms with Crippen LogP contribution in [0.3, 0.4) is 0 Å². The predicted octanol–water partition coefficient (Wildman–Crippen LogP) is 2.81. The number of nitrogens with zero attached hydrogens (tertiary/aromatic N) is 2. The van der Waals surface area contributed by atoms with E-state index in [0.29, 0.717) is 0 Å². The standard InChI is InChI=1S/C11H13N3S/c1-7-2-5-9-10(12-7)14(11(15)13-9)6-8-3-4-8/h2,5,8H,3-4,6H2,1H3,(H,13,15). The van der Waals surface area contributed by atoms with E-state index in [4.69, 9.17) is 12.2 Å². The average Bonchev–Trinajstić information content (AvgIpc) is 2.96. The summed E-state index contributed by atoms with van der Waals surface area (Å²) < 4.78 is 2.94. The van der Waals surface area contributed by atoms with Crippen LogP contribution in [-0.4, -0.2) is 14.5 Å². The van der Waals surface area contributed by atoms with Crippen LogP contribution in [0.25, 0.3) is 11.2 Å². The minimum absolute atomic E-state index is 0.801. The Morgan fingerprint density at radius 3 is 3.07 bits per heavy atom. The number of nitrogens with one attached hydrogen (secondary N) is 1. The Morgan fingerprint density at radius 2 is 2.33 bits per heavy atom. The van der Waals surface area contributed by atoms with Crippen LogP contribution in [0.5, 0.6) is 0 Å². The molecule has 1 aliphatic rings. The van der Waals surface area contributed by atoms with Gasteiger partial charge in [-0.1, -0.05) is 0 Å². The van der Waals surface area contributed by atoms with Gasteiger partial charge in [-0.05, 0) is 50.0 Å². The molecule has 1 aliphatic carbocycles. The first kappa shape index (κ1) is 9.09. The van der Waals surface area contributed by atoms with Crippen molar-refractivity contribution in [1.82, 2.24) is 14.5 Å². The highest BCUT2D eigenvalue weighted by atomic mass is 32.1. The van der Waals surface area contributed by atoms with Crippen molar-refractivity contribution in [3.8, 4) is 0 Å². The predicted molar refractivity (Wildman–Crippen MR) is 62.4 cm³/mol. The van der Waals surface area contributed by atoms with Crippen molar-refractivity contribution < 1.29 is 0 Å². The third kappa shape index (κ3) is 1.59. The first-order chi connectivity index (χ1) is 7.24. The van der Waals surface area contributed by atoms with Crippen LogP contribution in [-0.2, 0) is 6.54 Å². The number of pyridine rings is 1. The van der Waals surface area contributed by atoms with Gasteiger partial charge in [-0.15, -0.1) is 0 Å². The summed E-state index contributed by atoms with van der Waals surface area (Å²) in [4.78, 5) is 7.74. The molecular weight excluding hydrogens is 206 g/mol. The molecule has 0 bridgehead atoms. The molecule has 2 aromatic heterocycles. The van der Waals surface area contributed by atoms with Crippen LogP contribution in [0.2, 0.25) is 0 Å². The molecule has 0 saturated heterocycles. The van der Waals surface area contributed by atoms with Crippen molar-refractivity contribution in [3.05, 3.63) is 22.6 Å². The lowest BCUT2D eigenvalue weighted by Crippen LogP contribution is -2.01. The van der Waals surface area contributed by atoms with Crippen molar-refractivity contribution in [1.29, 1.82) is 0 Å². The first-order valence-corrected chi connectivity index (χ1v) is 5.71. The van der Waals surface area contributed by atoms with Gasteiger partial charge in [0.15, 0.2) is 10.4 Å². The van der Waals surface area contributed by atoms with Crippen LogP contribution in [0, 0.1) is 17.6 Å². The third-order valence-electron chi connectivity index (χ3n) is 2.89. The zero-order valence-electron chi connectivity index (χ0n) is 8.66. The van der Waals surface area contributed by atoms with Gasteiger partial charge >= 0.3 is 0 Å². The van der Waals surface area contributed by atoms with Crippen molar-refractivity contribution >= 4 is 23.4 Å². The number of rotatable bonds is 2. The molecule has 0 aliphatic heterocycles. The lowest BCUT2D eigenvalue weighted by molar-refractivity contribution is 0.631. The number of aromatic amines is 1. The van der Waals surface area contributed by atoms with E-state index in [-0.39, 0.29) is 0 Å². The number of hydrogen-bond donors (Lipinski definition) is 1. The van der Waals surface area contributed by atoms with E-state index in [9.17, 15) is 0 Å². The Kier molecular flexibility index (Phi) is 1.92. The maximum Gasteiger partial charge on any atom is 0.179 e. The number of hydrogen-bond acceptors (Lipinski definition) is 2. The largest absolute Gasteiger partial charge is 0.329 e. The summed E-state index contributed by atoms with van der Waals surface area (Å²) in [5.41, 5.74) is 3.10. The Balaban J connectivity index is 2.20. The molecule has 3 rings (SSSR count). The second kappa shape index (κ2) is 3.17. The SMILES string of the molecule is Cc1ccc2[nH]c(=S)n(CC3CC3)c2n1. The van der Waals surface area contributed by atoms with Gasteiger partial charge in [0.2, 0.25) is 0 Å². The van der Waals surface area contributed by atoms with Crippen molar-refractivity contribution in [2.45, 2.75) is 26.3 Å². The first-order valence-electron chi connectivity index (χ1n) is 5.30.